The molecule has 0 saturated carbocycles. The molecule has 7 heteroatoms. The molecule has 1 aromatic heterocycles. The molecule has 0 unspecified atom stereocenters. The van der Waals surface area contributed by atoms with Gasteiger partial charge in [-0.1, -0.05) is 31.2 Å². The second-order valence-corrected chi connectivity index (χ2v) is 6.42. The SMILES string of the molecule is CCc1ccc(C(=O)NC(=S)Nc2cccc(-c3ccc(C(=O)O)o3)c2)cc1. The second kappa shape index (κ2) is 8.49. The molecule has 0 aliphatic heterocycles. The molecule has 2 aromatic carbocycles. The number of hydrogen-bond acceptors (Lipinski definition) is 4. The minimum Gasteiger partial charge on any atom is -0.475 e. The summed E-state index contributed by atoms with van der Waals surface area (Å²) in [6.07, 6.45) is 0.905. The van der Waals surface area contributed by atoms with Crippen LogP contribution in [0.4, 0.5) is 5.69 Å². The maximum absolute atomic E-state index is 12.3. The Bertz CT molecular complexity index is 1020. The number of thiocarbonyl (C=S) groups is 1. The van der Waals surface area contributed by atoms with Crippen molar-refractivity contribution in [2.75, 3.05) is 5.32 Å². The number of aromatic carboxylic acids is 1. The van der Waals surface area contributed by atoms with Gasteiger partial charge in [0.15, 0.2) is 5.11 Å². The fourth-order valence-corrected chi connectivity index (χ4v) is 2.80. The van der Waals surface area contributed by atoms with Gasteiger partial charge in [0.1, 0.15) is 5.76 Å². The van der Waals surface area contributed by atoms with Gasteiger partial charge in [-0.15, -0.1) is 0 Å². The van der Waals surface area contributed by atoms with Gasteiger partial charge in [0.05, 0.1) is 0 Å². The van der Waals surface area contributed by atoms with Crippen LogP contribution in [-0.2, 0) is 6.42 Å². The summed E-state index contributed by atoms with van der Waals surface area (Å²) in [4.78, 5) is 23.2. The van der Waals surface area contributed by atoms with E-state index >= 15 is 0 Å². The van der Waals surface area contributed by atoms with Crippen molar-refractivity contribution in [3.8, 4) is 11.3 Å². The average Bonchev–Trinajstić information content (AvgIpc) is 3.19. The molecule has 3 rings (SSSR count). The van der Waals surface area contributed by atoms with Crippen molar-refractivity contribution in [3.05, 3.63) is 77.6 Å². The number of anilines is 1. The lowest BCUT2D eigenvalue weighted by molar-refractivity contribution is 0.0663. The first-order valence-corrected chi connectivity index (χ1v) is 9.02. The predicted octanol–water partition coefficient (Wildman–Crippen LogP) is 4.33. The van der Waals surface area contributed by atoms with Crippen LogP contribution >= 0.6 is 12.2 Å². The van der Waals surface area contributed by atoms with Gasteiger partial charge in [-0.2, -0.15) is 0 Å². The van der Waals surface area contributed by atoms with E-state index < -0.39 is 5.97 Å². The topological polar surface area (TPSA) is 91.6 Å². The van der Waals surface area contributed by atoms with E-state index in [4.69, 9.17) is 21.7 Å². The summed E-state index contributed by atoms with van der Waals surface area (Å²) in [5.41, 5.74) is 2.99. The van der Waals surface area contributed by atoms with Crippen LogP contribution in [0.2, 0.25) is 0 Å². The third kappa shape index (κ3) is 4.63. The molecule has 0 saturated heterocycles. The van der Waals surface area contributed by atoms with Crippen LogP contribution in [0.25, 0.3) is 11.3 Å². The highest BCUT2D eigenvalue weighted by molar-refractivity contribution is 7.80. The minimum atomic E-state index is -1.13. The van der Waals surface area contributed by atoms with Crippen molar-refractivity contribution < 1.29 is 19.1 Å². The zero-order valence-electron chi connectivity index (χ0n) is 15.1. The van der Waals surface area contributed by atoms with E-state index in [1.165, 1.54) is 6.07 Å². The third-order valence-electron chi connectivity index (χ3n) is 4.07. The van der Waals surface area contributed by atoms with Crippen molar-refractivity contribution >= 4 is 34.9 Å². The molecule has 3 N–H and O–H groups in total. The lowest BCUT2D eigenvalue weighted by Gasteiger charge is -2.10. The largest absolute Gasteiger partial charge is 0.475 e. The van der Waals surface area contributed by atoms with Crippen LogP contribution in [0.1, 0.15) is 33.4 Å². The molecule has 0 radical (unpaired) electrons. The fraction of sp³-hybridized carbons (Fsp3) is 0.0952. The fourth-order valence-electron chi connectivity index (χ4n) is 2.59. The monoisotopic (exact) mass is 394 g/mol. The third-order valence-corrected chi connectivity index (χ3v) is 4.28. The first kappa shape index (κ1) is 19.3. The Morgan fingerprint density at radius 1 is 1.07 bits per heavy atom. The van der Waals surface area contributed by atoms with Crippen LogP contribution in [-0.4, -0.2) is 22.1 Å². The van der Waals surface area contributed by atoms with E-state index in [0.29, 0.717) is 22.6 Å². The summed E-state index contributed by atoms with van der Waals surface area (Å²) >= 11 is 5.21. The number of carboxylic acid groups (broad SMARTS) is 1. The Kier molecular flexibility index (Phi) is 5.86. The molecular formula is C21H18N2O4S. The van der Waals surface area contributed by atoms with E-state index in [-0.39, 0.29) is 16.8 Å². The molecule has 0 bridgehead atoms. The molecular weight excluding hydrogens is 376 g/mol. The highest BCUT2D eigenvalue weighted by Gasteiger charge is 2.12. The molecule has 1 heterocycles. The molecule has 0 atom stereocenters. The molecule has 142 valence electrons. The Hall–Kier alpha value is -3.45. The zero-order chi connectivity index (χ0) is 20.1. The smallest absolute Gasteiger partial charge is 0.371 e. The Balaban J connectivity index is 1.66. The molecule has 1 amide bonds. The van der Waals surface area contributed by atoms with Gasteiger partial charge in [0, 0.05) is 16.8 Å². The minimum absolute atomic E-state index is 0.134. The summed E-state index contributed by atoms with van der Waals surface area (Å²) in [7, 11) is 0. The van der Waals surface area contributed by atoms with Gasteiger partial charge in [0.25, 0.3) is 5.91 Å². The van der Waals surface area contributed by atoms with E-state index in [2.05, 4.69) is 10.6 Å². The van der Waals surface area contributed by atoms with Crippen molar-refractivity contribution in [1.29, 1.82) is 0 Å². The van der Waals surface area contributed by atoms with Gasteiger partial charge in [0.2, 0.25) is 5.76 Å². The molecule has 0 fully saturated rings. The molecule has 6 nitrogen and oxygen atoms in total. The van der Waals surface area contributed by atoms with E-state index in [1.54, 1.807) is 42.5 Å². The van der Waals surface area contributed by atoms with Gasteiger partial charge in [-0.05, 0) is 60.6 Å². The molecule has 0 aliphatic carbocycles. The van der Waals surface area contributed by atoms with E-state index in [0.717, 1.165) is 12.0 Å². The van der Waals surface area contributed by atoms with Crippen molar-refractivity contribution in [1.82, 2.24) is 5.32 Å². The Labute approximate surface area is 167 Å². The molecule has 28 heavy (non-hydrogen) atoms. The van der Waals surface area contributed by atoms with Crippen LogP contribution in [0.15, 0.2) is 65.1 Å². The average molecular weight is 394 g/mol. The predicted molar refractivity (Wildman–Crippen MR) is 111 cm³/mol. The Morgan fingerprint density at radius 2 is 1.82 bits per heavy atom. The number of amides is 1. The first-order valence-electron chi connectivity index (χ1n) is 8.61. The Morgan fingerprint density at radius 3 is 2.46 bits per heavy atom. The second-order valence-electron chi connectivity index (χ2n) is 6.01. The van der Waals surface area contributed by atoms with Gasteiger partial charge in [-0.25, -0.2) is 4.79 Å². The molecule has 3 aromatic rings. The summed E-state index contributed by atoms with van der Waals surface area (Å²) in [5, 5.41) is 14.7. The van der Waals surface area contributed by atoms with Crippen molar-refractivity contribution in [2.24, 2.45) is 0 Å². The number of aryl methyl sites for hydroxylation is 1. The zero-order valence-corrected chi connectivity index (χ0v) is 15.9. The van der Waals surface area contributed by atoms with Crippen molar-refractivity contribution in [3.63, 3.8) is 0 Å². The van der Waals surface area contributed by atoms with E-state index in [1.807, 2.05) is 19.1 Å². The quantitative estimate of drug-likeness (QED) is 0.558. The highest BCUT2D eigenvalue weighted by atomic mass is 32.1. The lowest BCUT2D eigenvalue weighted by Crippen LogP contribution is -2.34. The summed E-state index contributed by atoms with van der Waals surface area (Å²) in [5.74, 6) is -1.14. The number of benzene rings is 2. The number of nitrogens with one attached hydrogen (secondary N) is 2. The summed E-state index contributed by atoms with van der Waals surface area (Å²) < 4.78 is 5.30. The van der Waals surface area contributed by atoms with Crippen molar-refractivity contribution in [2.45, 2.75) is 13.3 Å². The summed E-state index contributed by atoms with van der Waals surface area (Å²) in [6.45, 7) is 2.05. The maximum Gasteiger partial charge on any atom is 0.371 e. The number of carbonyl (C=O) groups is 2. The highest BCUT2D eigenvalue weighted by Crippen LogP contribution is 2.25. The molecule has 0 aliphatic rings. The van der Waals surface area contributed by atoms with Gasteiger partial charge in [-0.3, -0.25) is 10.1 Å². The normalized spacial score (nSPS) is 10.3. The standard InChI is InChI=1S/C21H18N2O4S/c1-2-13-6-8-14(9-7-13)19(24)23-21(28)22-16-5-3-4-15(12-16)17-10-11-18(27-17)20(25)26/h3-12H,2H2,1H3,(H,25,26)(H2,22,23,24,28). The van der Waals surface area contributed by atoms with Crippen LogP contribution in [0.5, 0.6) is 0 Å². The number of furan rings is 1. The number of carboxylic acids is 1. The van der Waals surface area contributed by atoms with Gasteiger partial charge >= 0.3 is 5.97 Å². The number of rotatable bonds is 5. The van der Waals surface area contributed by atoms with E-state index in [9.17, 15) is 9.59 Å². The molecule has 0 spiro atoms. The number of hydrogen-bond donors (Lipinski definition) is 3. The van der Waals surface area contributed by atoms with Crippen LogP contribution in [0.3, 0.4) is 0 Å². The van der Waals surface area contributed by atoms with Gasteiger partial charge < -0.3 is 14.8 Å². The maximum atomic E-state index is 12.3. The number of carbonyl (C=O) groups excluding carboxylic acids is 1. The lowest BCUT2D eigenvalue weighted by atomic mass is 10.1. The first-order chi connectivity index (χ1) is 13.5. The van der Waals surface area contributed by atoms with Crippen LogP contribution < -0.4 is 10.6 Å². The summed E-state index contributed by atoms with van der Waals surface area (Å²) in [6, 6.07) is 17.4. The van der Waals surface area contributed by atoms with Crippen LogP contribution in [0, 0.1) is 0 Å².